The summed E-state index contributed by atoms with van der Waals surface area (Å²) < 4.78 is 0. The van der Waals surface area contributed by atoms with Crippen LogP contribution in [0.25, 0.3) is 10.9 Å². The molecule has 5 heteroatoms. The summed E-state index contributed by atoms with van der Waals surface area (Å²) in [6, 6.07) is 9.17. The molecule has 1 saturated heterocycles. The van der Waals surface area contributed by atoms with E-state index >= 15 is 0 Å². The molecule has 104 valence electrons. The van der Waals surface area contributed by atoms with Crippen LogP contribution in [0.1, 0.15) is 10.4 Å². The van der Waals surface area contributed by atoms with Crippen molar-refractivity contribution >= 4 is 22.7 Å². The number of pyridine rings is 1. The second-order valence-electron chi connectivity index (χ2n) is 5.14. The Morgan fingerprint density at radius 2 is 1.90 bits per heavy atom. The summed E-state index contributed by atoms with van der Waals surface area (Å²) in [4.78, 5) is 20.3. The summed E-state index contributed by atoms with van der Waals surface area (Å²) >= 11 is 0. The summed E-state index contributed by atoms with van der Waals surface area (Å²) in [5, 5.41) is 10.1. The lowest BCUT2D eigenvalue weighted by molar-refractivity contribution is 0.0699. The highest BCUT2D eigenvalue weighted by Crippen LogP contribution is 2.22. The summed E-state index contributed by atoms with van der Waals surface area (Å²) in [5.41, 5.74) is 0.829. The van der Waals surface area contributed by atoms with Crippen LogP contribution in [-0.4, -0.2) is 54.2 Å². The van der Waals surface area contributed by atoms with E-state index in [1.807, 2.05) is 18.2 Å². The average Bonchev–Trinajstić information content (AvgIpc) is 2.46. The van der Waals surface area contributed by atoms with Crippen LogP contribution in [0.2, 0.25) is 0 Å². The van der Waals surface area contributed by atoms with Gasteiger partial charge in [-0.25, -0.2) is 9.78 Å². The Bertz CT molecular complexity index is 649. The maximum Gasteiger partial charge on any atom is 0.337 e. The van der Waals surface area contributed by atoms with Crippen LogP contribution >= 0.6 is 0 Å². The van der Waals surface area contributed by atoms with Crippen molar-refractivity contribution in [2.75, 3.05) is 38.1 Å². The number of likely N-dealkylation sites (N-methyl/N-ethyl adjacent to an activating group) is 1. The lowest BCUT2D eigenvalue weighted by atomic mass is 10.1. The Balaban J connectivity index is 2.01. The van der Waals surface area contributed by atoms with E-state index in [0.29, 0.717) is 5.52 Å². The van der Waals surface area contributed by atoms with Gasteiger partial charge in [-0.3, -0.25) is 0 Å². The number of aromatic nitrogens is 1. The molecule has 2 heterocycles. The van der Waals surface area contributed by atoms with E-state index in [-0.39, 0.29) is 5.56 Å². The Labute approximate surface area is 117 Å². The SMILES string of the molecule is CN1CCN(c2ccc3cccc(C(=O)O)c3n2)CC1. The van der Waals surface area contributed by atoms with Crippen molar-refractivity contribution < 1.29 is 9.90 Å². The van der Waals surface area contributed by atoms with Crippen molar-refractivity contribution in [1.29, 1.82) is 0 Å². The number of nitrogens with zero attached hydrogens (tertiary/aromatic N) is 3. The molecular weight excluding hydrogens is 254 g/mol. The quantitative estimate of drug-likeness (QED) is 0.900. The predicted molar refractivity (Wildman–Crippen MR) is 78.4 cm³/mol. The van der Waals surface area contributed by atoms with Crippen LogP contribution in [-0.2, 0) is 0 Å². The van der Waals surface area contributed by atoms with Gasteiger partial charge in [-0.1, -0.05) is 12.1 Å². The number of carboxylic acids is 1. The van der Waals surface area contributed by atoms with Crippen molar-refractivity contribution in [3.63, 3.8) is 0 Å². The first-order chi connectivity index (χ1) is 9.65. The molecule has 1 aromatic carbocycles. The van der Waals surface area contributed by atoms with Gasteiger partial charge in [0.15, 0.2) is 0 Å². The van der Waals surface area contributed by atoms with Crippen molar-refractivity contribution in [2.45, 2.75) is 0 Å². The van der Waals surface area contributed by atoms with Crippen molar-refractivity contribution in [1.82, 2.24) is 9.88 Å². The number of hydrogen-bond acceptors (Lipinski definition) is 4. The minimum Gasteiger partial charge on any atom is -0.478 e. The fourth-order valence-electron chi connectivity index (χ4n) is 2.52. The van der Waals surface area contributed by atoms with E-state index in [1.54, 1.807) is 12.1 Å². The molecule has 1 aliphatic heterocycles. The maximum atomic E-state index is 11.3. The molecule has 1 aliphatic rings. The smallest absolute Gasteiger partial charge is 0.337 e. The molecule has 1 N–H and O–H groups in total. The molecule has 5 nitrogen and oxygen atoms in total. The van der Waals surface area contributed by atoms with Gasteiger partial charge in [0, 0.05) is 31.6 Å². The van der Waals surface area contributed by atoms with E-state index in [4.69, 9.17) is 0 Å². The highest BCUT2D eigenvalue weighted by molar-refractivity contribution is 6.02. The topological polar surface area (TPSA) is 56.7 Å². The Morgan fingerprint density at radius 1 is 1.15 bits per heavy atom. The molecule has 1 aromatic heterocycles. The number of para-hydroxylation sites is 1. The zero-order valence-electron chi connectivity index (χ0n) is 11.4. The van der Waals surface area contributed by atoms with Crippen LogP contribution in [0.4, 0.5) is 5.82 Å². The number of hydrogen-bond donors (Lipinski definition) is 1. The molecular formula is C15H17N3O2. The molecule has 0 amide bonds. The minimum absolute atomic E-state index is 0.262. The van der Waals surface area contributed by atoms with Crippen LogP contribution < -0.4 is 4.90 Å². The molecule has 0 aliphatic carbocycles. The summed E-state index contributed by atoms with van der Waals surface area (Å²) in [6.45, 7) is 3.84. The van der Waals surface area contributed by atoms with Gasteiger partial charge in [-0.05, 0) is 25.2 Å². The third-order valence-corrected chi connectivity index (χ3v) is 3.76. The van der Waals surface area contributed by atoms with Crippen LogP contribution in [0.15, 0.2) is 30.3 Å². The first-order valence-electron chi connectivity index (χ1n) is 6.72. The molecule has 0 radical (unpaired) electrons. The Hall–Kier alpha value is -2.14. The summed E-state index contributed by atoms with van der Waals surface area (Å²) in [7, 11) is 2.10. The highest BCUT2D eigenvalue weighted by Gasteiger charge is 2.17. The largest absolute Gasteiger partial charge is 0.478 e. The third-order valence-electron chi connectivity index (χ3n) is 3.76. The molecule has 0 unspecified atom stereocenters. The maximum absolute atomic E-state index is 11.3. The number of carbonyl (C=O) groups is 1. The van der Waals surface area contributed by atoms with Gasteiger partial charge < -0.3 is 14.9 Å². The minimum atomic E-state index is -0.932. The van der Waals surface area contributed by atoms with E-state index in [9.17, 15) is 9.90 Å². The number of piperazine rings is 1. The van der Waals surface area contributed by atoms with Crippen molar-refractivity contribution in [2.24, 2.45) is 0 Å². The van der Waals surface area contributed by atoms with Gasteiger partial charge in [0.25, 0.3) is 0 Å². The van der Waals surface area contributed by atoms with E-state index in [2.05, 4.69) is 21.8 Å². The second kappa shape index (κ2) is 5.09. The van der Waals surface area contributed by atoms with Gasteiger partial charge in [-0.2, -0.15) is 0 Å². The molecule has 20 heavy (non-hydrogen) atoms. The number of aromatic carboxylic acids is 1. The molecule has 0 atom stereocenters. The second-order valence-corrected chi connectivity index (χ2v) is 5.14. The molecule has 3 rings (SSSR count). The molecule has 1 fully saturated rings. The molecule has 0 bridgehead atoms. The summed E-state index contributed by atoms with van der Waals surface area (Å²) in [5.74, 6) is -0.0714. The molecule has 0 saturated carbocycles. The fraction of sp³-hybridized carbons (Fsp3) is 0.333. The van der Waals surface area contributed by atoms with Crippen LogP contribution in [0, 0.1) is 0 Å². The lowest BCUT2D eigenvalue weighted by Crippen LogP contribution is -2.44. The third kappa shape index (κ3) is 2.32. The fourth-order valence-corrected chi connectivity index (χ4v) is 2.52. The standard InChI is InChI=1S/C15H17N3O2/c1-17-7-9-18(10-8-17)13-6-5-11-3-2-4-12(15(19)20)14(11)16-13/h2-6H,7-10H2,1H3,(H,19,20). The number of fused-ring (bicyclic) bond motifs is 1. The van der Waals surface area contributed by atoms with Gasteiger partial charge in [0.05, 0.1) is 11.1 Å². The molecule has 2 aromatic rings. The van der Waals surface area contributed by atoms with Crippen LogP contribution in [0.3, 0.4) is 0 Å². The Kier molecular flexibility index (Phi) is 3.28. The highest BCUT2D eigenvalue weighted by atomic mass is 16.4. The van der Waals surface area contributed by atoms with Gasteiger partial charge in [0.2, 0.25) is 0 Å². The first kappa shape index (κ1) is 12.9. The monoisotopic (exact) mass is 271 g/mol. The molecule has 0 spiro atoms. The van der Waals surface area contributed by atoms with Crippen molar-refractivity contribution in [3.05, 3.63) is 35.9 Å². The van der Waals surface area contributed by atoms with Gasteiger partial charge >= 0.3 is 5.97 Å². The van der Waals surface area contributed by atoms with E-state index < -0.39 is 5.97 Å². The average molecular weight is 271 g/mol. The lowest BCUT2D eigenvalue weighted by Gasteiger charge is -2.33. The van der Waals surface area contributed by atoms with E-state index in [1.165, 1.54) is 0 Å². The van der Waals surface area contributed by atoms with Gasteiger partial charge in [-0.15, -0.1) is 0 Å². The summed E-state index contributed by atoms with van der Waals surface area (Å²) in [6.07, 6.45) is 0. The number of anilines is 1. The van der Waals surface area contributed by atoms with Gasteiger partial charge in [0.1, 0.15) is 5.82 Å². The first-order valence-corrected chi connectivity index (χ1v) is 6.72. The van der Waals surface area contributed by atoms with Crippen molar-refractivity contribution in [3.8, 4) is 0 Å². The normalized spacial score (nSPS) is 16.6. The number of carboxylic acid groups (broad SMARTS) is 1. The number of benzene rings is 1. The van der Waals surface area contributed by atoms with Crippen LogP contribution in [0.5, 0.6) is 0 Å². The Morgan fingerprint density at radius 3 is 2.60 bits per heavy atom. The number of rotatable bonds is 2. The zero-order valence-corrected chi connectivity index (χ0v) is 11.4. The predicted octanol–water partition coefficient (Wildman–Crippen LogP) is 1.68. The zero-order chi connectivity index (χ0) is 14.1. The van der Waals surface area contributed by atoms with E-state index in [0.717, 1.165) is 37.4 Å².